The Bertz CT molecular complexity index is 732. The number of amides is 1. The second-order valence-electron chi connectivity index (χ2n) is 4.35. The lowest BCUT2D eigenvalue weighted by Gasteiger charge is -2.04. The van der Waals surface area contributed by atoms with Crippen LogP contribution in [0, 0.1) is 0 Å². The lowest BCUT2D eigenvalue weighted by molar-refractivity contribution is -0.111. The van der Waals surface area contributed by atoms with Crippen molar-refractivity contribution >= 4 is 56.8 Å². The zero-order valence-electron chi connectivity index (χ0n) is 11.6. The Morgan fingerprint density at radius 2 is 1.95 bits per heavy atom. The number of carbonyl (C=O) groups is 1. The molecule has 1 N–H and O–H groups in total. The molecule has 0 spiro atoms. The van der Waals surface area contributed by atoms with Gasteiger partial charge in [0.15, 0.2) is 0 Å². The van der Waals surface area contributed by atoms with E-state index >= 15 is 0 Å². The molecule has 0 fully saturated rings. The number of carbonyl (C=O) groups excluding carboxylic acids is 1. The summed E-state index contributed by atoms with van der Waals surface area (Å²) >= 11 is 15.1. The minimum atomic E-state index is -0.259. The third-order valence-electron chi connectivity index (χ3n) is 2.79. The monoisotopic (exact) mass is 399 g/mol. The van der Waals surface area contributed by atoms with Crippen LogP contribution in [-0.4, -0.2) is 13.0 Å². The fourth-order valence-electron chi connectivity index (χ4n) is 1.72. The third kappa shape index (κ3) is 4.50. The van der Waals surface area contributed by atoms with Gasteiger partial charge in [-0.25, -0.2) is 0 Å². The van der Waals surface area contributed by atoms with Crippen LogP contribution in [0.3, 0.4) is 0 Å². The zero-order valence-corrected chi connectivity index (χ0v) is 14.7. The molecule has 0 atom stereocenters. The summed E-state index contributed by atoms with van der Waals surface area (Å²) in [5.41, 5.74) is 1.46. The third-order valence-corrected chi connectivity index (χ3v) is 4.15. The van der Waals surface area contributed by atoms with Gasteiger partial charge in [-0.05, 0) is 57.9 Å². The van der Waals surface area contributed by atoms with E-state index in [0.717, 1.165) is 15.8 Å². The Kier molecular flexibility index (Phi) is 5.89. The Morgan fingerprint density at radius 1 is 1.18 bits per heavy atom. The molecule has 0 aromatic heterocycles. The van der Waals surface area contributed by atoms with E-state index in [-0.39, 0.29) is 5.91 Å². The molecule has 2 rings (SSSR count). The Hall–Kier alpha value is -1.49. The van der Waals surface area contributed by atoms with Gasteiger partial charge in [-0.1, -0.05) is 29.3 Å². The van der Waals surface area contributed by atoms with Crippen molar-refractivity contribution in [1.82, 2.24) is 0 Å². The molecule has 3 nitrogen and oxygen atoms in total. The number of benzene rings is 2. The van der Waals surface area contributed by atoms with E-state index in [4.69, 9.17) is 27.9 Å². The van der Waals surface area contributed by atoms with Crippen molar-refractivity contribution in [3.05, 3.63) is 62.6 Å². The molecule has 0 aliphatic heterocycles. The van der Waals surface area contributed by atoms with Crippen molar-refractivity contribution in [2.45, 2.75) is 0 Å². The first kappa shape index (κ1) is 16.9. The summed E-state index contributed by atoms with van der Waals surface area (Å²) in [4.78, 5) is 11.9. The van der Waals surface area contributed by atoms with Crippen LogP contribution in [0.5, 0.6) is 5.75 Å². The number of rotatable bonds is 4. The zero-order chi connectivity index (χ0) is 16.1. The first-order valence-electron chi connectivity index (χ1n) is 6.27. The molecule has 0 radical (unpaired) electrons. The number of hydrogen-bond acceptors (Lipinski definition) is 2. The molecule has 0 bridgehead atoms. The van der Waals surface area contributed by atoms with Gasteiger partial charge in [0.25, 0.3) is 0 Å². The van der Waals surface area contributed by atoms with E-state index in [2.05, 4.69) is 21.2 Å². The van der Waals surface area contributed by atoms with E-state index in [1.165, 1.54) is 6.08 Å². The summed E-state index contributed by atoms with van der Waals surface area (Å²) in [5, 5.41) is 3.55. The highest BCUT2D eigenvalue weighted by atomic mass is 79.9. The van der Waals surface area contributed by atoms with Crippen LogP contribution >= 0.6 is 39.1 Å². The van der Waals surface area contributed by atoms with Gasteiger partial charge in [0.05, 0.1) is 21.6 Å². The summed E-state index contributed by atoms with van der Waals surface area (Å²) in [6.45, 7) is 0. The molecule has 0 aliphatic carbocycles. The van der Waals surface area contributed by atoms with E-state index < -0.39 is 0 Å². The highest BCUT2D eigenvalue weighted by Crippen LogP contribution is 2.26. The normalized spacial score (nSPS) is 10.7. The van der Waals surface area contributed by atoms with Crippen molar-refractivity contribution in [2.75, 3.05) is 12.4 Å². The van der Waals surface area contributed by atoms with Crippen molar-refractivity contribution in [2.24, 2.45) is 0 Å². The van der Waals surface area contributed by atoms with Gasteiger partial charge in [-0.15, -0.1) is 0 Å². The highest BCUT2D eigenvalue weighted by molar-refractivity contribution is 9.10. The van der Waals surface area contributed by atoms with Gasteiger partial charge in [0, 0.05) is 11.8 Å². The molecule has 0 saturated carbocycles. The number of methoxy groups -OCH3 is 1. The number of nitrogens with one attached hydrogen (secondary N) is 1. The van der Waals surface area contributed by atoms with Crippen molar-refractivity contribution in [1.29, 1.82) is 0 Å². The summed E-state index contributed by atoms with van der Waals surface area (Å²) in [7, 11) is 1.60. The molecule has 2 aromatic rings. The second kappa shape index (κ2) is 7.68. The largest absolute Gasteiger partial charge is 0.496 e. The summed E-state index contributed by atoms with van der Waals surface area (Å²) in [6.07, 6.45) is 3.15. The Labute approximate surface area is 147 Å². The topological polar surface area (TPSA) is 38.3 Å². The summed E-state index contributed by atoms with van der Waals surface area (Å²) in [6, 6.07) is 10.4. The number of ether oxygens (including phenoxy) is 1. The van der Waals surface area contributed by atoms with Crippen LogP contribution in [-0.2, 0) is 4.79 Å². The van der Waals surface area contributed by atoms with Gasteiger partial charge < -0.3 is 10.1 Å². The van der Waals surface area contributed by atoms with Crippen molar-refractivity contribution < 1.29 is 9.53 Å². The maximum absolute atomic E-state index is 11.9. The molecule has 114 valence electrons. The van der Waals surface area contributed by atoms with Crippen LogP contribution in [0.25, 0.3) is 6.08 Å². The minimum absolute atomic E-state index is 0.259. The first-order chi connectivity index (χ1) is 10.5. The van der Waals surface area contributed by atoms with E-state index in [1.807, 2.05) is 18.2 Å². The van der Waals surface area contributed by atoms with Crippen LogP contribution in [0.2, 0.25) is 10.0 Å². The Balaban J connectivity index is 2.04. The quantitative estimate of drug-likeness (QED) is 0.696. The summed E-state index contributed by atoms with van der Waals surface area (Å²) in [5.74, 6) is 0.475. The number of anilines is 1. The van der Waals surface area contributed by atoms with Crippen LogP contribution in [0.1, 0.15) is 5.56 Å². The molecule has 0 unspecified atom stereocenters. The number of hydrogen-bond donors (Lipinski definition) is 1. The predicted molar refractivity (Wildman–Crippen MR) is 94.8 cm³/mol. The van der Waals surface area contributed by atoms with Gasteiger partial charge in [0.2, 0.25) is 5.91 Å². The van der Waals surface area contributed by atoms with E-state index in [9.17, 15) is 4.79 Å². The molecule has 6 heteroatoms. The molecule has 1 amide bonds. The minimum Gasteiger partial charge on any atom is -0.496 e. The van der Waals surface area contributed by atoms with Crippen LogP contribution in [0.4, 0.5) is 5.69 Å². The van der Waals surface area contributed by atoms with Gasteiger partial charge in [-0.2, -0.15) is 0 Å². The SMILES string of the molecule is COc1ccc(C=CC(=O)Nc2ccc(Cl)c(Cl)c2)cc1Br. The second-order valence-corrected chi connectivity index (χ2v) is 6.01. The van der Waals surface area contributed by atoms with Gasteiger partial charge >= 0.3 is 0 Å². The first-order valence-corrected chi connectivity index (χ1v) is 7.82. The molecule has 2 aromatic carbocycles. The molecular weight excluding hydrogens is 389 g/mol. The van der Waals surface area contributed by atoms with E-state index in [1.54, 1.807) is 31.4 Å². The summed E-state index contributed by atoms with van der Waals surface area (Å²) < 4.78 is 5.97. The van der Waals surface area contributed by atoms with Crippen molar-refractivity contribution in [3.63, 3.8) is 0 Å². The van der Waals surface area contributed by atoms with Crippen molar-refractivity contribution in [3.8, 4) is 5.75 Å². The van der Waals surface area contributed by atoms with Gasteiger partial charge in [-0.3, -0.25) is 4.79 Å². The van der Waals surface area contributed by atoms with Crippen LogP contribution < -0.4 is 10.1 Å². The highest BCUT2D eigenvalue weighted by Gasteiger charge is 2.03. The maximum atomic E-state index is 11.9. The molecule has 0 aliphatic rings. The average Bonchev–Trinajstić information content (AvgIpc) is 2.49. The van der Waals surface area contributed by atoms with E-state index in [0.29, 0.717) is 15.7 Å². The predicted octanol–water partition coefficient (Wildman–Crippen LogP) is 5.42. The molecule has 0 saturated heterocycles. The maximum Gasteiger partial charge on any atom is 0.248 e. The fraction of sp³-hybridized carbons (Fsp3) is 0.0625. The van der Waals surface area contributed by atoms with Gasteiger partial charge in [0.1, 0.15) is 5.75 Å². The van der Waals surface area contributed by atoms with Crippen LogP contribution in [0.15, 0.2) is 46.9 Å². The average molecular weight is 401 g/mol. The lowest BCUT2D eigenvalue weighted by Crippen LogP contribution is -2.07. The fourth-order valence-corrected chi connectivity index (χ4v) is 2.57. The smallest absolute Gasteiger partial charge is 0.248 e. The molecule has 0 heterocycles. The molecule has 22 heavy (non-hydrogen) atoms. The Morgan fingerprint density at radius 3 is 2.59 bits per heavy atom. The lowest BCUT2D eigenvalue weighted by atomic mass is 10.2. The molecular formula is C16H12BrCl2NO2. The number of halogens is 3. The standard InChI is InChI=1S/C16H12BrCl2NO2/c1-22-15-6-2-10(8-12(15)17)3-7-16(21)20-11-4-5-13(18)14(19)9-11/h2-9H,1H3,(H,20,21).